The van der Waals surface area contributed by atoms with Crippen LogP contribution >= 0.6 is 0 Å². The normalized spacial score (nSPS) is 18.0. The highest BCUT2D eigenvalue weighted by molar-refractivity contribution is 5.79. The first kappa shape index (κ1) is 19.6. The highest BCUT2D eigenvalue weighted by atomic mass is 16.5. The molecule has 0 saturated carbocycles. The van der Waals surface area contributed by atoms with Crippen molar-refractivity contribution in [3.8, 4) is 0 Å². The maximum atomic E-state index is 10.3. The number of nitrogens with one attached hydrogen (secondary N) is 2. The largest absolute Gasteiger partial charge is 0.387 e. The Morgan fingerprint density at radius 2 is 2.00 bits per heavy atom. The molecule has 7 heteroatoms. The van der Waals surface area contributed by atoms with Crippen molar-refractivity contribution in [3.05, 3.63) is 30.1 Å². The third kappa shape index (κ3) is 6.26. The van der Waals surface area contributed by atoms with Crippen molar-refractivity contribution in [3.63, 3.8) is 0 Å². The number of aliphatic hydroxyl groups is 1. The number of hydrogen-bond donors (Lipinski definition) is 3. The summed E-state index contributed by atoms with van der Waals surface area (Å²) >= 11 is 0. The minimum absolute atomic E-state index is 0.0319. The molecule has 0 aromatic carbocycles. The molecule has 0 aliphatic carbocycles. The topological polar surface area (TPSA) is 82.0 Å². The quantitative estimate of drug-likeness (QED) is 0.499. The molecular weight excluding hydrogens is 318 g/mol. The second kappa shape index (κ2) is 9.70. The van der Waals surface area contributed by atoms with Gasteiger partial charge in [-0.15, -0.1) is 0 Å². The molecule has 25 heavy (non-hydrogen) atoms. The maximum absolute atomic E-state index is 10.3. The first-order chi connectivity index (χ1) is 12.0. The molecule has 0 spiro atoms. The van der Waals surface area contributed by atoms with Crippen LogP contribution in [-0.2, 0) is 4.74 Å². The number of pyridine rings is 1. The number of ether oxygens (including phenoxy) is 1. The van der Waals surface area contributed by atoms with E-state index in [4.69, 9.17) is 9.73 Å². The lowest BCUT2D eigenvalue weighted by Gasteiger charge is -2.39. The van der Waals surface area contributed by atoms with Crippen LogP contribution in [0.15, 0.2) is 29.5 Å². The van der Waals surface area contributed by atoms with Crippen LogP contribution in [0.1, 0.15) is 32.4 Å². The van der Waals surface area contributed by atoms with E-state index < -0.39 is 6.10 Å². The van der Waals surface area contributed by atoms with Gasteiger partial charge in [-0.05, 0) is 38.5 Å². The van der Waals surface area contributed by atoms with Crippen LogP contribution in [0.2, 0.25) is 0 Å². The van der Waals surface area contributed by atoms with Gasteiger partial charge < -0.3 is 20.5 Å². The lowest BCUT2D eigenvalue weighted by molar-refractivity contribution is -0.00684. The lowest BCUT2D eigenvalue weighted by Crippen LogP contribution is -2.52. The van der Waals surface area contributed by atoms with Crippen molar-refractivity contribution in [1.82, 2.24) is 20.5 Å². The molecule has 140 valence electrons. The van der Waals surface area contributed by atoms with Gasteiger partial charge in [0, 0.05) is 44.1 Å². The van der Waals surface area contributed by atoms with E-state index in [1.54, 1.807) is 12.4 Å². The van der Waals surface area contributed by atoms with Crippen LogP contribution in [-0.4, -0.2) is 72.4 Å². The molecular formula is C18H31N5O2. The van der Waals surface area contributed by atoms with Gasteiger partial charge in [-0.1, -0.05) is 0 Å². The Labute approximate surface area is 150 Å². The first-order valence-corrected chi connectivity index (χ1v) is 8.96. The minimum Gasteiger partial charge on any atom is -0.387 e. The van der Waals surface area contributed by atoms with E-state index in [2.05, 4.69) is 34.4 Å². The number of aliphatic hydroxyl groups excluding tert-OH is 1. The zero-order valence-electron chi connectivity index (χ0n) is 15.5. The van der Waals surface area contributed by atoms with Gasteiger partial charge in [0.15, 0.2) is 5.96 Å². The zero-order chi connectivity index (χ0) is 18.1. The highest BCUT2D eigenvalue weighted by Gasteiger charge is 2.28. The third-order valence-corrected chi connectivity index (χ3v) is 4.39. The summed E-state index contributed by atoms with van der Waals surface area (Å²) in [7, 11) is 0. The SMILES string of the molecule is CCNC(=NCC(C)(C)N1CCOCC1)NCC(O)c1ccncc1. The summed E-state index contributed by atoms with van der Waals surface area (Å²) in [5.41, 5.74) is 0.808. The summed E-state index contributed by atoms with van der Waals surface area (Å²) in [6.07, 6.45) is 2.77. The van der Waals surface area contributed by atoms with Gasteiger partial charge in [0.2, 0.25) is 0 Å². The Morgan fingerprint density at radius 3 is 2.64 bits per heavy atom. The van der Waals surface area contributed by atoms with Crippen LogP contribution in [0, 0.1) is 0 Å². The Bertz CT molecular complexity index is 530. The van der Waals surface area contributed by atoms with Gasteiger partial charge in [-0.25, -0.2) is 0 Å². The number of aliphatic imine (C=N–C) groups is 1. The molecule has 1 saturated heterocycles. The zero-order valence-corrected chi connectivity index (χ0v) is 15.5. The molecule has 0 amide bonds. The van der Waals surface area contributed by atoms with Crippen molar-refractivity contribution in [2.24, 2.45) is 4.99 Å². The molecule has 1 aliphatic rings. The van der Waals surface area contributed by atoms with E-state index in [1.807, 2.05) is 19.1 Å². The van der Waals surface area contributed by atoms with Gasteiger partial charge >= 0.3 is 0 Å². The number of aromatic nitrogens is 1. The van der Waals surface area contributed by atoms with E-state index >= 15 is 0 Å². The Morgan fingerprint density at radius 1 is 1.32 bits per heavy atom. The Balaban J connectivity index is 1.91. The predicted molar refractivity (Wildman–Crippen MR) is 99.6 cm³/mol. The smallest absolute Gasteiger partial charge is 0.191 e. The molecule has 1 aliphatic heterocycles. The minimum atomic E-state index is -0.598. The Kier molecular flexibility index (Phi) is 7.61. The van der Waals surface area contributed by atoms with Crippen molar-refractivity contribution in [2.45, 2.75) is 32.4 Å². The summed E-state index contributed by atoms with van der Waals surface area (Å²) in [5, 5.41) is 16.7. The lowest BCUT2D eigenvalue weighted by atomic mass is 10.0. The van der Waals surface area contributed by atoms with E-state index in [1.165, 1.54) is 0 Å². The fraction of sp³-hybridized carbons (Fsp3) is 0.667. The van der Waals surface area contributed by atoms with E-state index in [0.29, 0.717) is 13.1 Å². The molecule has 0 bridgehead atoms. The summed E-state index contributed by atoms with van der Waals surface area (Å²) in [5.74, 6) is 0.719. The average molecular weight is 349 g/mol. The van der Waals surface area contributed by atoms with Crippen molar-refractivity contribution in [2.75, 3.05) is 45.9 Å². The monoisotopic (exact) mass is 349 g/mol. The van der Waals surface area contributed by atoms with Crippen LogP contribution in [0.5, 0.6) is 0 Å². The van der Waals surface area contributed by atoms with E-state index in [-0.39, 0.29) is 5.54 Å². The number of hydrogen-bond acceptors (Lipinski definition) is 5. The third-order valence-electron chi connectivity index (χ3n) is 4.39. The second-order valence-corrected chi connectivity index (χ2v) is 6.78. The van der Waals surface area contributed by atoms with Gasteiger partial charge in [0.25, 0.3) is 0 Å². The number of guanidine groups is 1. The molecule has 1 atom stereocenters. The van der Waals surface area contributed by atoms with Gasteiger partial charge in [0.1, 0.15) is 0 Å². The molecule has 1 aromatic rings. The molecule has 1 aromatic heterocycles. The molecule has 7 nitrogen and oxygen atoms in total. The van der Waals surface area contributed by atoms with Gasteiger partial charge in [-0.3, -0.25) is 14.9 Å². The standard InChI is InChI=1S/C18H31N5O2/c1-4-20-17(21-13-16(24)15-5-7-19-8-6-15)22-14-18(2,3)23-9-11-25-12-10-23/h5-8,16,24H,4,9-14H2,1-3H3,(H2,20,21,22). The molecule has 1 fully saturated rings. The van der Waals surface area contributed by atoms with Crippen LogP contribution in [0.3, 0.4) is 0 Å². The summed E-state index contributed by atoms with van der Waals surface area (Å²) in [6.45, 7) is 11.7. The first-order valence-electron chi connectivity index (χ1n) is 8.96. The van der Waals surface area contributed by atoms with Crippen molar-refractivity contribution < 1.29 is 9.84 Å². The molecule has 2 rings (SSSR count). The fourth-order valence-electron chi connectivity index (χ4n) is 2.78. The predicted octanol–water partition coefficient (Wildman–Crippen LogP) is 0.781. The number of nitrogens with zero attached hydrogens (tertiary/aromatic N) is 3. The van der Waals surface area contributed by atoms with Crippen molar-refractivity contribution in [1.29, 1.82) is 0 Å². The molecule has 0 radical (unpaired) electrons. The van der Waals surface area contributed by atoms with E-state index in [9.17, 15) is 5.11 Å². The number of morpholine rings is 1. The van der Waals surface area contributed by atoms with Crippen LogP contribution < -0.4 is 10.6 Å². The molecule has 2 heterocycles. The molecule has 3 N–H and O–H groups in total. The van der Waals surface area contributed by atoms with Gasteiger partial charge in [-0.2, -0.15) is 0 Å². The summed E-state index contributed by atoms with van der Waals surface area (Å²) in [4.78, 5) is 11.1. The van der Waals surface area contributed by atoms with Gasteiger partial charge in [0.05, 0.1) is 25.9 Å². The van der Waals surface area contributed by atoms with E-state index in [0.717, 1.165) is 44.4 Å². The van der Waals surface area contributed by atoms with Crippen LogP contribution in [0.25, 0.3) is 0 Å². The Hall–Kier alpha value is -1.70. The maximum Gasteiger partial charge on any atom is 0.191 e. The summed E-state index contributed by atoms with van der Waals surface area (Å²) in [6, 6.07) is 3.63. The van der Waals surface area contributed by atoms with Crippen molar-refractivity contribution >= 4 is 5.96 Å². The van der Waals surface area contributed by atoms with Crippen LogP contribution in [0.4, 0.5) is 0 Å². The highest BCUT2D eigenvalue weighted by Crippen LogP contribution is 2.16. The fourth-order valence-corrected chi connectivity index (χ4v) is 2.78. The second-order valence-electron chi connectivity index (χ2n) is 6.78. The number of rotatable bonds is 7. The molecule has 1 unspecified atom stereocenters. The average Bonchev–Trinajstić information content (AvgIpc) is 2.65. The summed E-state index contributed by atoms with van der Waals surface area (Å²) < 4.78 is 5.43.